The van der Waals surface area contributed by atoms with Crippen LogP contribution in [0.1, 0.15) is 62.5 Å². The monoisotopic (exact) mass is 623 g/mol. The molecular formula is C37H36F3N5O. The van der Waals surface area contributed by atoms with Gasteiger partial charge in [0.05, 0.1) is 11.1 Å². The number of ether oxygens (including phenoxy) is 1. The zero-order valence-electron chi connectivity index (χ0n) is 25.7. The van der Waals surface area contributed by atoms with Crippen LogP contribution in [0.2, 0.25) is 0 Å². The van der Waals surface area contributed by atoms with Crippen LogP contribution in [0.15, 0.2) is 76.2 Å². The topological polar surface area (TPSA) is 43.3 Å². The highest BCUT2D eigenvalue weighted by atomic mass is 19.1. The average molecular weight is 624 g/mol. The second-order valence-electron chi connectivity index (χ2n) is 13.7. The molecule has 0 spiro atoms. The molecule has 46 heavy (non-hydrogen) atoms. The van der Waals surface area contributed by atoms with E-state index >= 15 is 8.78 Å². The summed E-state index contributed by atoms with van der Waals surface area (Å²) in [4.78, 5) is 9.34. The van der Waals surface area contributed by atoms with Crippen LogP contribution >= 0.6 is 0 Å². The first-order valence-electron chi connectivity index (χ1n) is 16.6. The predicted octanol–water partition coefficient (Wildman–Crippen LogP) is 6.68. The predicted molar refractivity (Wildman–Crippen MR) is 172 cm³/mol. The van der Waals surface area contributed by atoms with Crippen LogP contribution in [0.5, 0.6) is 0 Å². The van der Waals surface area contributed by atoms with E-state index in [2.05, 4.69) is 21.3 Å². The summed E-state index contributed by atoms with van der Waals surface area (Å²) in [7, 11) is 0. The van der Waals surface area contributed by atoms with E-state index in [-0.39, 0.29) is 12.2 Å². The quantitative estimate of drug-likeness (QED) is 0.385. The largest absolute Gasteiger partial charge is 0.477 e. The summed E-state index contributed by atoms with van der Waals surface area (Å²) in [5.41, 5.74) is 7.60. The molecule has 7 heterocycles. The molecule has 0 aromatic heterocycles. The Labute approximate surface area is 266 Å². The van der Waals surface area contributed by atoms with Gasteiger partial charge in [-0.1, -0.05) is 30.2 Å². The number of halogens is 3. The zero-order valence-corrected chi connectivity index (χ0v) is 25.7. The number of hydrazine groups is 1. The third-order valence-corrected chi connectivity index (χ3v) is 11.3. The molecule has 8 aliphatic rings. The molecule has 0 saturated carbocycles. The number of hydrogen-bond acceptors (Lipinski definition) is 6. The van der Waals surface area contributed by atoms with Gasteiger partial charge in [-0.2, -0.15) is 0 Å². The Hall–Kier alpha value is -4.00. The number of nitrogens with zero attached hydrogens (tertiary/aromatic N) is 4. The summed E-state index contributed by atoms with van der Waals surface area (Å²) < 4.78 is 53.3. The Balaban J connectivity index is 1.22. The second-order valence-corrected chi connectivity index (χ2v) is 13.7. The molecule has 4 bridgehead atoms. The smallest absolute Gasteiger partial charge is 0.202 e. The van der Waals surface area contributed by atoms with Crippen LogP contribution in [-0.2, 0) is 4.74 Å². The van der Waals surface area contributed by atoms with Crippen molar-refractivity contribution < 1.29 is 17.9 Å². The summed E-state index contributed by atoms with van der Waals surface area (Å²) in [6, 6.07) is 8.90. The van der Waals surface area contributed by atoms with Crippen LogP contribution in [0, 0.1) is 24.1 Å². The van der Waals surface area contributed by atoms with Crippen molar-refractivity contribution in [1.29, 1.82) is 0 Å². The summed E-state index contributed by atoms with van der Waals surface area (Å²) in [5.74, 6) is 3.00. The highest BCUT2D eigenvalue weighted by Gasteiger charge is 2.50. The molecule has 4 fully saturated rings. The lowest BCUT2D eigenvalue weighted by atomic mass is 9.74. The SMILES string of the molecule is C#Cc1c(F)ccc2cccc(C3=C(F)C=C(OC[C@@]45CCCN4C[C@H](F)C5)N4C(=C3)CCC[C@@H]3C5=C6CC[C@@H]3NN6CN=C54)c12. The third kappa shape index (κ3) is 4.16. The van der Waals surface area contributed by atoms with Crippen LogP contribution < -0.4 is 5.43 Å². The van der Waals surface area contributed by atoms with Crippen molar-refractivity contribution in [2.75, 3.05) is 26.4 Å². The minimum atomic E-state index is -0.892. The first-order chi connectivity index (χ1) is 22.4. The maximum Gasteiger partial charge on any atom is 0.202 e. The van der Waals surface area contributed by atoms with Crippen LogP contribution in [0.4, 0.5) is 13.2 Å². The minimum absolute atomic E-state index is 0.116. The number of rotatable bonds is 4. The van der Waals surface area contributed by atoms with Gasteiger partial charge in [0.2, 0.25) is 5.88 Å². The second kappa shape index (κ2) is 10.5. The number of alkyl halides is 1. The average Bonchev–Trinajstić information content (AvgIpc) is 3.53. The highest BCUT2D eigenvalue weighted by Crippen LogP contribution is 2.48. The fourth-order valence-electron chi connectivity index (χ4n) is 9.25. The lowest BCUT2D eigenvalue weighted by Gasteiger charge is -2.52. The van der Waals surface area contributed by atoms with Crippen molar-refractivity contribution in [3.63, 3.8) is 0 Å². The minimum Gasteiger partial charge on any atom is -0.477 e. The molecule has 236 valence electrons. The molecule has 9 heteroatoms. The number of aliphatic imine (C=N–C) groups is 1. The molecule has 4 saturated heterocycles. The number of benzene rings is 2. The number of allylic oxidation sites excluding steroid dienone is 6. The van der Waals surface area contributed by atoms with Gasteiger partial charge in [0.25, 0.3) is 0 Å². The van der Waals surface area contributed by atoms with E-state index in [1.807, 2.05) is 23.1 Å². The van der Waals surface area contributed by atoms with Crippen molar-refractivity contribution in [2.24, 2.45) is 10.9 Å². The number of nitrogens with one attached hydrogen (secondary N) is 1. The molecular weight excluding hydrogens is 587 g/mol. The van der Waals surface area contributed by atoms with Gasteiger partial charge < -0.3 is 4.74 Å². The first-order valence-corrected chi connectivity index (χ1v) is 16.6. The zero-order chi connectivity index (χ0) is 31.2. The van der Waals surface area contributed by atoms with E-state index in [9.17, 15) is 4.39 Å². The summed E-state index contributed by atoms with van der Waals surface area (Å²) in [6.07, 6.45) is 15.2. The van der Waals surface area contributed by atoms with Gasteiger partial charge in [0.15, 0.2) is 0 Å². The van der Waals surface area contributed by atoms with Gasteiger partial charge in [-0.25, -0.2) is 23.6 Å². The highest BCUT2D eigenvalue weighted by molar-refractivity contribution is 6.04. The Morgan fingerprint density at radius 1 is 1.11 bits per heavy atom. The number of terminal acetylenes is 1. The van der Waals surface area contributed by atoms with Crippen molar-refractivity contribution in [3.8, 4) is 12.3 Å². The summed E-state index contributed by atoms with van der Waals surface area (Å²) in [5, 5.41) is 3.42. The lowest BCUT2D eigenvalue weighted by molar-refractivity contribution is 0.0501. The van der Waals surface area contributed by atoms with Crippen LogP contribution in [0.3, 0.4) is 0 Å². The fraction of sp³-hybridized carbons (Fsp3) is 0.432. The normalized spacial score (nSPS) is 30.3. The Bertz CT molecular complexity index is 1870. The van der Waals surface area contributed by atoms with Crippen molar-refractivity contribution in [2.45, 2.75) is 69.1 Å². The van der Waals surface area contributed by atoms with Gasteiger partial charge in [-0.3, -0.25) is 14.8 Å². The lowest BCUT2D eigenvalue weighted by Crippen LogP contribution is -2.60. The molecule has 2 aromatic carbocycles. The van der Waals surface area contributed by atoms with E-state index in [1.165, 1.54) is 23.4 Å². The maximum absolute atomic E-state index is 16.9. The molecule has 2 aromatic rings. The van der Waals surface area contributed by atoms with Gasteiger partial charge in [-0.05, 0) is 74.6 Å². The molecule has 6 nitrogen and oxygen atoms in total. The standard InChI is InChI=1S/C37H36F3N5O/c1-2-25-29(39)11-10-22-6-3-8-26(34(22)25)28-16-24-7-4-9-27-31-12-13-32-35(27)36(41-21-44(32)42-31)45(24)33(17-30(28)40)46-20-37-14-5-15-43(37)19-23(38)18-37/h1,3,6,8,10-11,16-17,23,27,31,42H,4-5,7,9,12-15,18-21H2/t23-,27+,31+,37+/m1/s1. The van der Waals surface area contributed by atoms with Crippen molar-refractivity contribution >= 4 is 22.2 Å². The van der Waals surface area contributed by atoms with E-state index in [1.54, 1.807) is 12.1 Å². The third-order valence-electron chi connectivity index (χ3n) is 11.3. The molecule has 7 aliphatic heterocycles. The van der Waals surface area contributed by atoms with E-state index in [0.717, 1.165) is 62.0 Å². The van der Waals surface area contributed by atoms with E-state index < -0.39 is 23.4 Å². The van der Waals surface area contributed by atoms with Gasteiger partial charge in [-0.15, -0.1) is 6.42 Å². The molecule has 0 unspecified atom stereocenters. The Kier molecular flexibility index (Phi) is 6.45. The van der Waals surface area contributed by atoms with E-state index in [0.29, 0.717) is 60.4 Å². The number of fused-ring (bicyclic) bond motifs is 5. The van der Waals surface area contributed by atoms with Gasteiger partial charge in [0.1, 0.15) is 36.9 Å². The summed E-state index contributed by atoms with van der Waals surface area (Å²) in [6.45, 7) is 2.00. The molecule has 0 amide bonds. The molecule has 1 aliphatic carbocycles. The van der Waals surface area contributed by atoms with Crippen molar-refractivity contribution in [1.82, 2.24) is 20.2 Å². The van der Waals surface area contributed by atoms with Crippen molar-refractivity contribution in [3.05, 3.63) is 88.1 Å². The van der Waals surface area contributed by atoms with Crippen LogP contribution in [0.25, 0.3) is 16.3 Å². The number of amidine groups is 1. The summed E-state index contributed by atoms with van der Waals surface area (Å²) >= 11 is 0. The van der Waals surface area contributed by atoms with E-state index in [4.69, 9.17) is 16.2 Å². The molecule has 4 atom stereocenters. The number of hydrogen-bond donors (Lipinski definition) is 1. The molecule has 0 radical (unpaired) electrons. The van der Waals surface area contributed by atoms with Gasteiger partial charge in [0, 0.05) is 58.9 Å². The van der Waals surface area contributed by atoms with Crippen LogP contribution in [-0.4, -0.2) is 64.8 Å². The first kappa shape index (κ1) is 28.2. The van der Waals surface area contributed by atoms with Gasteiger partial charge >= 0.3 is 0 Å². The maximum atomic E-state index is 16.9. The fourth-order valence-corrected chi connectivity index (χ4v) is 9.25. The molecule has 1 N–H and O–H groups in total. The Morgan fingerprint density at radius 2 is 2.02 bits per heavy atom. The Morgan fingerprint density at radius 3 is 2.91 bits per heavy atom. The molecule has 10 rings (SSSR count).